The van der Waals surface area contributed by atoms with Gasteiger partial charge in [0.15, 0.2) is 17.5 Å². The maximum Gasteiger partial charge on any atom is 0.231 e. The van der Waals surface area contributed by atoms with Crippen molar-refractivity contribution < 1.29 is 14.3 Å². The molecular weight excluding hydrogens is 519 g/mol. The highest BCUT2D eigenvalue weighted by atomic mass is 127. The summed E-state index contributed by atoms with van der Waals surface area (Å²) in [5, 5.41) is 9.88. The van der Waals surface area contributed by atoms with Gasteiger partial charge in [-0.05, 0) is 49.2 Å². The Bertz CT molecular complexity index is 908. The van der Waals surface area contributed by atoms with Crippen LogP contribution in [0.1, 0.15) is 24.5 Å². The first-order chi connectivity index (χ1) is 14.1. The molecule has 0 aromatic heterocycles. The van der Waals surface area contributed by atoms with Crippen LogP contribution < -0.4 is 25.4 Å². The van der Waals surface area contributed by atoms with Crippen molar-refractivity contribution in [1.29, 1.82) is 0 Å². The summed E-state index contributed by atoms with van der Waals surface area (Å²) in [7, 11) is 0. The predicted octanol–water partition coefficient (Wildman–Crippen LogP) is 4.08. The molecule has 9 heteroatoms. The van der Waals surface area contributed by atoms with E-state index in [1.165, 1.54) is 0 Å². The first-order valence-corrected chi connectivity index (χ1v) is 9.90. The van der Waals surface area contributed by atoms with Crippen LogP contribution in [-0.4, -0.2) is 31.7 Å². The standard InChI is InChI=1S/C21H25ClN4O3.HI/c1-3-23-21(25-12-15-7-8-18-19(11-15)29-13-28-18)24-10-9-20(27)26-17-6-4-5-16(22)14(17)2;/h4-8,11H,3,9-10,12-13H2,1-2H3,(H,26,27)(H2,23,24,25);1H. The minimum absolute atomic E-state index is 0. The van der Waals surface area contributed by atoms with E-state index in [4.69, 9.17) is 21.1 Å². The Labute approximate surface area is 198 Å². The molecule has 162 valence electrons. The van der Waals surface area contributed by atoms with Crippen molar-refractivity contribution in [3.05, 3.63) is 52.5 Å². The third kappa shape index (κ3) is 6.66. The van der Waals surface area contributed by atoms with Crippen molar-refractivity contribution in [1.82, 2.24) is 10.6 Å². The second-order valence-corrected chi connectivity index (χ2v) is 6.93. The molecule has 7 nitrogen and oxygen atoms in total. The van der Waals surface area contributed by atoms with Crippen LogP contribution in [0, 0.1) is 6.92 Å². The van der Waals surface area contributed by atoms with Gasteiger partial charge in [0.05, 0.1) is 6.54 Å². The number of aliphatic imine (C=N–C) groups is 1. The average Bonchev–Trinajstić information content (AvgIpc) is 3.17. The Morgan fingerprint density at radius 1 is 1.17 bits per heavy atom. The summed E-state index contributed by atoms with van der Waals surface area (Å²) in [5.74, 6) is 2.05. The SMILES string of the molecule is CCNC(=NCc1ccc2c(c1)OCO2)NCCC(=O)Nc1cccc(Cl)c1C.I. The summed E-state index contributed by atoms with van der Waals surface area (Å²) >= 11 is 6.09. The molecule has 3 N–H and O–H groups in total. The Kier molecular flexibility index (Phi) is 9.51. The number of anilines is 1. The number of hydrogen-bond acceptors (Lipinski definition) is 4. The predicted molar refractivity (Wildman–Crippen MR) is 130 cm³/mol. The molecule has 1 aliphatic rings. The topological polar surface area (TPSA) is 84.0 Å². The van der Waals surface area contributed by atoms with Crippen LogP contribution in [0.2, 0.25) is 5.02 Å². The van der Waals surface area contributed by atoms with Gasteiger partial charge >= 0.3 is 0 Å². The first kappa shape index (κ1) is 24.1. The Morgan fingerprint density at radius 3 is 2.77 bits per heavy atom. The third-order valence-electron chi connectivity index (χ3n) is 4.39. The van der Waals surface area contributed by atoms with Gasteiger partial charge in [0.25, 0.3) is 0 Å². The number of nitrogens with one attached hydrogen (secondary N) is 3. The Hall–Kier alpha value is -2.20. The van der Waals surface area contributed by atoms with Gasteiger partial charge in [-0.15, -0.1) is 24.0 Å². The third-order valence-corrected chi connectivity index (χ3v) is 4.80. The van der Waals surface area contributed by atoms with Gasteiger partial charge in [0.1, 0.15) is 0 Å². The number of halogens is 2. The van der Waals surface area contributed by atoms with Gasteiger partial charge < -0.3 is 25.4 Å². The van der Waals surface area contributed by atoms with Crippen LogP contribution in [0.25, 0.3) is 0 Å². The van der Waals surface area contributed by atoms with E-state index >= 15 is 0 Å². The number of hydrogen-bond donors (Lipinski definition) is 3. The molecule has 0 bridgehead atoms. The number of carbonyl (C=O) groups is 1. The van der Waals surface area contributed by atoms with Gasteiger partial charge in [0.2, 0.25) is 12.7 Å². The van der Waals surface area contributed by atoms with Crippen molar-refractivity contribution in [2.45, 2.75) is 26.8 Å². The normalized spacial score (nSPS) is 12.2. The molecule has 0 fully saturated rings. The lowest BCUT2D eigenvalue weighted by atomic mass is 10.2. The van der Waals surface area contributed by atoms with Crippen molar-refractivity contribution in [3.8, 4) is 11.5 Å². The first-order valence-electron chi connectivity index (χ1n) is 9.52. The van der Waals surface area contributed by atoms with Crippen LogP contribution in [0.4, 0.5) is 5.69 Å². The molecule has 0 atom stereocenters. The van der Waals surface area contributed by atoms with Crippen molar-refractivity contribution in [2.75, 3.05) is 25.2 Å². The summed E-state index contributed by atoms with van der Waals surface area (Å²) in [6.07, 6.45) is 0.306. The molecule has 1 aliphatic heterocycles. The smallest absolute Gasteiger partial charge is 0.231 e. The Balaban J connectivity index is 0.00000320. The zero-order valence-electron chi connectivity index (χ0n) is 17.0. The molecule has 0 unspecified atom stereocenters. The van der Waals surface area contributed by atoms with E-state index in [1.807, 2.05) is 44.2 Å². The summed E-state index contributed by atoms with van der Waals surface area (Å²) in [5.41, 5.74) is 2.60. The van der Waals surface area contributed by atoms with E-state index in [1.54, 1.807) is 6.07 Å². The van der Waals surface area contributed by atoms with E-state index in [0.717, 1.165) is 34.9 Å². The van der Waals surface area contributed by atoms with E-state index in [9.17, 15) is 4.79 Å². The van der Waals surface area contributed by atoms with Crippen LogP contribution in [0.3, 0.4) is 0 Å². The molecule has 2 aromatic rings. The van der Waals surface area contributed by atoms with Crippen LogP contribution >= 0.6 is 35.6 Å². The fourth-order valence-corrected chi connectivity index (χ4v) is 2.98. The lowest BCUT2D eigenvalue weighted by molar-refractivity contribution is -0.116. The summed E-state index contributed by atoms with van der Waals surface area (Å²) in [6, 6.07) is 11.2. The van der Waals surface area contributed by atoms with Gasteiger partial charge in [-0.25, -0.2) is 4.99 Å². The van der Waals surface area contributed by atoms with E-state index < -0.39 is 0 Å². The fraction of sp³-hybridized carbons (Fsp3) is 0.333. The molecule has 0 radical (unpaired) electrons. The molecule has 1 heterocycles. The molecule has 3 rings (SSSR count). The van der Waals surface area contributed by atoms with Crippen LogP contribution in [0.5, 0.6) is 11.5 Å². The lowest BCUT2D eigenvalue weighted by Crippen LogP contribution is -2.38. The number of amides is 1. The van der Waals surface area contributed by atoms with E-state index in [-0.39, 0.29) is 36.7 Å². The van der Waals surface area contributed by atoms with Gasteiger partial charge in [-0.2, -0.15) is 0 Å². The number of ether oxygens (including phenoxy) is 2. The van der Waals surface area contributed by atoms with Gasteiger partial charge in [-0.1, -0.05) is 23.7 Å². The monoisotopic (exact) mass is 544 g/mol. The molecule has 0 saturated heterocycles. The largest absolute Gasteiger partial charge is 0.454 e. The average molecular weight is 545 g/mol. The lowest BCUT2D eigenvalue weighted by Gasteiger charge is -2.12. The molecule has 1 amide bonds. The number of nitrogens with zero attached hydrogens (tertiary/aromatic N) is 1. The van der Waals surface area contributed by atoms with Crippen molar-refractivity contribution in [3.63, 3.8) is 0 Å². The van der Waals surface area contributed by atoms with Crippen LogP contribution in [0.15, 0.2) is 41.4 Å². The number of benzene rings is 2. The van der Waals surface area contributed by atoms with Crippen molar-refractivity contribution >= 4 is 53.1 Å². The highest BCUT2D eigenvalue weighted by molar-refractivity contribution is 14.0. The number of fused-ring (bicyclic) bond motifs is 1. The summed E-state index contributed by atoms with van der Waals surface area (Å²) < 4.78 is 10.7. The second-order valence-electron chi connectivity index (χ2n) is 6.52. The maximum absolute atomic E-state index is 12.2. The molecule has 0 saturated carbocycles. The Morgan fingerprint density at radius 2 is 1.97 bits per heavy atom. The zero-order chi connectivity index (χ0) is 20.6. The molecule has 0 aliphatic carbocycles. The number of rotatable bonds is 7. The highest BCUT2D eigenvalue weighted by Crippen LogP contribution is 2.32. The zero-order valence-corrected chi connectivity index (χ0v) is 20.0. The van der Waals surface area contributed by atoms with E-state index in [2.05, 4.69) is 20.9 Å². The quantitative estimate of drug-likeness (QED) is 0.278. The van der Waals surface area contributed by atoms with Gasteiger partial charge in [-0.3, -0.25) is 4.79 Å². The number of guanidine groups is 1. The van der Waals surface area contributed by atoms with E-state index in [0.29, 0.717) is 30.5 Å². The maximum atomic E-state index is 12.2. The van der Waals surface area contributed by atoms with Gasteiger partial charge in [0, 0.05) is 30.2 Å². The minimum atomic E-state index is -0.0884. The second kappa shape index (κ2) is 11.8. The van der Waals surface area contributed by atoms with Crippen molar-refractivity contribution in [2.24, 2.45) is 4.99 Å². The number of carbonyl (C=O) groups excluding carboxylic acids is 1. The molecule has 30 heavy (non-hydrogen) atoms. The molecule has 0 spiro atoms. The summed E-state index contributed by atoms with van der Waals surface area (Å²) in [6.45, 7) is 5.79. The molecular formula is C21H26ClIN4O3. The fourth-order valence-electron chi connectivity index (χ4n) is 2.80. The molecule has 2 aromatic carbocycles. The summed E-state index contributed by atoms with van der Waals surface area (Å²) in [4.78, 5) is 16.8. The minimum Gasteiger partial charge on any atom is -0.454 e. The highest BCUT2D eigenvalue weighted by Gasteiger charge is 2.13. The van der Waals surface area contributed by atoms with Crippen LogP contribution in [-0.2, 0) is 11.3 Å².